The molecular formula is C24H18N4S. The molecule has 5 aromatic rings. The molecule has 0 saturated carbocycles. The molecule has 3 aromatic heterocycles. The molecule has 29 heavy (non-hydrogen) atoms. The van der Waals surface area contributed by atoms with Crippen LogP contribution >= 0.6 is 11.3 Å². The van der Waals surface area contributed by atoms with Crippen LogP contribution in [-0.2, 0) is 0 Å². The van der Waals surface area contributed by atoms with E-state index in [9.17, 15) is 0 Å². The van der Waals surface area contributed by atoms with Crippen LogP contribution in [0.5, 0.6) is 0 Å². The smallest absolute Gasteiger partial charge is 0.138 e. The molecule has 0 aliphatic rings. The van der Waals surface area contributed by atoms with Crippen molar-refractivity contribution in [2.75, 3.05) is 5.32 Å². The maximum absolute atomic E-state index is 4.58. The van der Waals surface area contributed by atoms with Gasteiger partial charge in [-0.05, 0) is 29.3 Å². The molecule has 5 rings (SSSR count). The SMILES string of the molecule is c1ccc(-c2cc3c(N[C@H](c4ccccc4)c4ccccn4)ncnc3s2)cc1. The average Bonchev–Trinajstić information content (AvgIpc) is 3.24. The molecule has 0 saturated heterocycles. The van der Waals surface area contributed by atoms with Crippen LogP contribution in [-0.4, -0.2) is 15.0 Å². The van der Waals surface area contributed by atoms with Gasteiger partial charge in [0.1, 0.15) is 17.0 Å². The minimum Gasteiger partial charge on any atom is -0.357 e. The van der Waals surface area contributed by atoms with E-state index in [4.69, 9.17) is 0 Å². The van der Waals surface area contributed by atoms with E-state index in [1.165, 1.54) is 10.4 Å². The molecule has 0 radical (unpaired) electrons. The van der Waals surface area contributed by atoms with E-state index in [0.29, 0.717) is 0 Å². The molecule has 140 valence electrons. The summed E-state index contributed by atoms with van der Waals surface area (Å²) in [6, 6.07) is 28.7. The summed E-state index contributed by atoms with van der Waals surface area (Å²) in [5, 5.41) is 4.63. The molecule has 0 aliphatic carbocycles. The van der Waals surface area contributed by atoms with Gasteiger partial charge in [-0.3, -0.25) is 4.98 Å². The zero-order valence-corrected chi connectivity index (χ0v) is 16.4. The van der Waals surface area contributed by atoms with E-state index in [0.717, 1.165) is 27.3 Å². The monoisotopic (exact) mass is 394 g/mol. The van der Waals surface area contributed by atoms with Gasteiger partial charge in [0.15, 0.2) is 0 Å². The third kappa shape index (κ3) is 3.60. The van der Waals surface area contributed by atoms with Crippen molar-refractivity contribution in [3.63, 3.8) is 0 Å². The molecule has 0 aliphatic heterocycles. The fraction of sp³-hybridized carbons (Fsp3) is 0.0417. The Labute approximate surface area is 172 Å². The van der Waals surface area contributed by atoms with Gasteiger partial charge in [0.05, 0.1) is 17.1 Å². The lowest BCUT2D eigenvalue weighted by Gasteiger charge is -2.19. The highest BCUT2D eigenvalue weighted by Gasteiger charge is 2.18. The van der Waals surface area contributed by atoms with Crippen LogP contribution in [0.2, 0.25) is 0 Å². The van der Waals surface area contributed by atoms with Gasteiger partial charge in [0.2, 0.25) is 0 Å². The second kappa shape index (κ2) is 7.81. The molecule has 1 atom stereocenters. The van der Waals surface area contributed by atoms with Gasteiger partial charge in [-0.2, -0.15) is 0 Å². The van der Waals surface area contributed by atoms with E-state index in [2.05, 4.69) is 62.7 Å². The van der Waals surface area contributed by atoms with Gasteiger partial charge in [-0.25, -0.2) is 9.97 Å². The maximum Gasteiger partial charge on any atom is 0.138 e. The molecule has 0 unspecified atom stereocenters. The van der Waals surface area contributed by atoms with E-state index in [1.807, 2.05) is 48.7 Å². The van der Waals surface area contributed by atoms with E-state index in [-0.39, 0.29) is 6.04 Å². The largest absolute Gasteiger partial charge is 0.357 e. The minimum absolute atomic E-state index is 0.101. The first-order valence-corrected chi connectivity index (χ1v) is 10.2. The van der Waals surface area contributed by atoms with Crippen molar-refractivity contribution in [2.24, 2.45) is 0 Å². The fourth-order valence-electron chi connectivity index (χ4n) is 3.37. The quantitative estimate of drug-likeness (QED) is 0.400. The predicted molar refractivity (Wildman–Crippen MR) is 119 cm³/mol. The van der Waals surface area contributed by atoms with Gasteiger partial charge in [-0.1, -0.05) is 66.7 Å². The lowest BCUT2D eigenvalue weighted by molar-refractivity contribution is 0.879. The molecule has 0 bridgehead atoms. The lowest BCUT2D eigenvalue weighted by Crippen LogP contribution is -2.14. The number of thiophene rings is 1. The number of hydrogen-bond donors (Lipinski definition) is 1. The first-order valence-electron chi connectivity index (χ1n) is 9.41. The van der Waals surface area contributed by atoms with Crippen LogP contribution in [0.3, 0.4) is 0 Å². The summed E-state index contributed by atoms with van der Waals surface area (Å²) in [5.41, 5.74) is 3.27. The Balaban J connectivity index is 1.58. The summed E-state index contributed by atoms with van der Waals surface area (Å²) in [6.07, 6.45) is 3.44. The summed E-state index contributed by atoms with van der Waals surface area (Å²) in [5.74, 6) is 0.813. The van der Waals surface area contributed by atoms with Gasteiger partial charge >= 0.3 is 0 Å². The van der Waals surface area contributed by atoms with E-state index < -0.39 is 0 Å². The Hall–Kier alpha value is -3.57. The Kier molecular flexibility index (Phi) is 4.72. The molecule has 0 amide bonds. The summed E-state index contributed by atoms with van der Waals surface area (Å²) in [6.45, 7) is 0. The third-order valence-corrected chi connectivity index (χ3v) is 5.88. The fourth-order valence-corrected chi connectivity index (χ4v) is 4.38. The third-order valence-electron chi connectivity index (χ3n) is 4.79. The maximum atomic E-state index is 4.58. The van der Waals surface area contributed by atoms with Crippen LogP contribution in [0.4, 0.5) is 5.82 Å². The molecule has 1 N–H and O–H groups in total. The van der Waals surface area contributed by atoms with Crippen LogP contribution < -0.4 is 5.32 Å². The normalized spacial score (nSPS) is 12.0. The zero-order chi connectivity index (χ0) is 19.5. The van der Waals surface area contributed by atoms with Crippen LogP contribution in [0, 0.1) is 0 Å². The molecule has 2 aromatic carbocycles. The standard InChI is InChI=1S/C24H18N4S/c1-3-9-17(10-4-1)21-15-19-23(26-16-27-24(19)29-21)28-22(18-11-5-2-6-12-18)20-13-7-8-14-25-20/h1-16,22H,(H,26,27,28)/t22-/m1/s1. The number of nitrogens with one attached hydrogen (secondary N) is 1. The van der Waals surface area contributed by atoms with Gasteiger partial charge in [-0.15, -0.1) is 11.3 Å². The highest BCUT2D eigenvalue weighted by molar-refractivity contribution is 7.21. The second-order valence-corrected chi connectivity index (χ2v) is 7.69. The number of anilines is 1. The Bertz CT molecular complexity index is 1180. The Morgan fingerprint density at radius 2 is 1.52 bits per heavy atom. The number of rotatable bonds is 5. The number of nitrogens with zero attached hydrogens (tertiary/aromatic N) is 3. The molecule has 5 heteroatoms. The van der Waals surface area contributed by atoms with Crippen molar-refractivity contribution in [1.82, 2.24) is 15.0 Å². The molecule has 0 spiro atoms. The predicted octanol–water partition coefficient (Wildman–Crippen LogP) is 5.95. The molecule has 4 nitrogen and oxygen atoms in total. The highest BCUT2D eigenvalue weighted by Crippen LogP contribution is 2.36. The first kappa shape index (κ1) is 17.5. The van der Waals surface area contributed by atoms with Crippen molar-refractivity contribution in [3.05, 3.63) is 109 Å². The number of fused-ring (bicyclic) bond motifs is 1. The van der Waals surface area contributed by atoms with Gasteiger partial charge in [0.25, 0.3) is 0 Å². The van der Waals surface area contributed by atoms with E-state index in [1.54, 1.807) is 17.7 Å². The van der Waals surface area contributed by atoms with E-state index >= 15 is 0 Å². The first-order chi connectivity index (χ1) is 14.4. The number of aromatic nitrogens is 3. The van der Waals surface area contributed by atoms with Crippen molar-refractivity contribution < 1.29 is 0 Å². The minimum atomic E-state index is -0.101. The number of benzene rings is 2. The number of pyridine rings is 1. The summed E-state index contributed by atoms with van der Waals surface area (Å²) in [7, 11) is 0. The topological polar surface area (TPSA) is 50.7 Å². The average molecular weight is 395 g/mol. The second-order valence-electron chi connectivity index (χ2n) is 6.66. The highest BCUT2D eigenvalue weighted by atomic mass is 32.1. The summed E-state index contributed by atoms with van der Waals surface area (Å²) in [4.78, 5) is 15.8. The molecule has 3 heterocycles. The zero-order valence-electron chi connectivity index (χ0n) is 15.6. The lowest BCUT2D eigenvalue weighted by atomic mass is 10.0. The summed E-state index contributed by atoms with van der Waals surface area (Å²) < 4.78 is 0. The van der Waals surface area contributed by atoms with Crippen molar-refractivity contribution in [3.8, 4) is 10.4 Å². The van der Waals surface area contributed by atoms with Gasteiger partial charge in [0, 0.05) is 11.1 Å². The van der Waals surface area contributed by atoms with Gasteiger partial charge < -0.3 is 5.32 Å². The molecular weight excluding hydrogens is 376 g/mol. The van der Waals surface area contributed by atoms with Crippen molar-refractivity contribution in [1.29, 1.82) is 0 Å². The summed E-state index contributed by atoms with van der Waals surface area (Å²) >= 11 is 1.68. The Morgan fingerprint density at radius 3 is 2.28 bits per heavy atom. The van der Waals surface area contributed by atoms with Crippen LogP contribution in [0.1, 0.15) is 17.3 Å². The van der Waals surface area contributed by atoms with Crippen molar-refractivity contribution in [2.45, 2.75) is 6.04 Å². The van der Waals surface area contributed by atoms with Crippen molar-refractivity contribution >= 4 is 27.4 Å². The number of hydrogen-bond acceptors (Lipinski definition) is 5. The van der Waals surface area contributed by atoms with Crippen LogP contribution in [0.25, 0.3) is 20.7 Å². The van der Waals surface area contributed by atoms with Crippen LogP contribution in [0.15, 0.2) is 97.5 Å². The Morgan fingerprint density at radius 1 is 0.759 bits per heavy atom. The molecule has 0 fully saturated rings.